The fraction of sp³-hybridized carbons (Fsp3) is 0.200. The van der Waals surface area contributed by atoms with Crippen LogP contribution in [0.3, 0.4) is 0 Å². The van der Waals surface area contributed by atoms with Gasteiger partial charge in [-0.15, -0.1) is 11.3 Å². The summed E-state index contributed by atoms with van der Waals surface area (Å²) in [6.07, 6.45) is 0. The Morgan fingerprint density at radius 2 is 2.00 bits per heavy atom. The predicted molar refractivity (Wildman–Crippen MR) is 84.2 cm³/mol. The van der Waals surface area contributed by atoms with Crippen LogP contribution in [0.25, 0.3) is 0 Å². The van der Waals surface area contributed by atoms with E-state index in [0.29, 0.717) is 26.4 Å². The normalized spacial score (nSPS) is 11.5. The summed E-state index contributed by atoms with van der Waals surface area (Å²) in [5.74, 6) is -0.0534. The minimum atomic E-state index is -0.875. The number of Topliss-reactive ketones (excluding diaryl/α,β-unsaturated/α-hetero) is 1. The van der Waals surface area contributed by atoms with E-state index < -0.39 is 5.92 Å². The number of ether oxygens (including phenoxy) is 2. The van der Waals surface area contributed by atoms with Crippen LogP contribution in [-0.4, -0.2) is 20.0 Å². The van der Waals surface area contributed by atoms with Crippen molar-refractivity contribution < 1.29 is 14.3 Å². The molecule has 0 saturated carbocycles. The monoisotopic (exact) mass is 365 g/mol. The number of nitrogens with zero attached hydrogens (tertiary/aromatic N) is 1. The zero-order valence-electron chi connectivity index (χ0n) is 11.4. The third kappa shape index (κ3) is 3.09. The lowest BCUT2D eigenvalue weighted by atomic mass is 9.95. The summed E-state index contributed by atoms with van der Waals surface area (Å²) < 4.78 is 11.1. The minimum absolute atomic E-state index is 0.230. The Morgan fingerprint density at radius 1 is 1.29 bits per heavy atom. The van der Waals surface area contributed by atoms with Gasteiger partial charge in [-0.3, -0.25) is 4.79 Å². The second kappa shape index (κ2) is 6.74. The number of carbonyl (C=O) groups is 1. The molecule has 1 unspecified atom stereocenters. The van der Waals surface area contributed by atoms with Gasteiger partial charge < -0.3 is 9.47 Å². The summed E-state index contributed by atoms with van der Waals surface area (Å²) in [6, 6.07) is 8.91. The van der Waals surface area contributed by atoms with Crippen molar-refractivity contribution >= 4 is 33.0 Å². The number of ketones is 1. The molecule has 6 heteroatoms. The smallest absolute Gasteiger partial charge is 0.195 e. The van der Waals surface area contributed by atoms with E-state index in [9.17, 15) is 10.1 Å². The van der Waals surface area contributed by atoms with Crippen LogP contribution in [0, 0.1) is 11.3 Å². The van der Waals surface area contributed by atoms with E-state index in [1.165, 1.54) is 25.6 Å². The van der Waals surface area contributed by atoms with Crippen molar-refractivity contribution in [2.75, 3.05) is 14.2 Å². The van der Waals surface area contributed by atoms with Crippen LogP contribution in [-0.2, 0) is 0 Å². The molecule has 1 atom stereocenters. The molecular weight excluding hydrogens is 354 g/mol. The van der Waals surface area contributed by atoms with E-state index in [2.05, 4.69) is 22.0 Å². The maximum Gasteiger partial charge on any atom is 0.195 e. The summed E-state index contributed by atoms with van der Waals surface area (Å²) in [6.45, 7) is 0. The summed E-state index contributed by atoms with van der Waals surface area (Å²) >= 11 is 4.63. The van der Waals surface area contributed by atoms with E-state index in [1.807, 2.05) is 0 Å². The average Bonchev–Trinajstić information content (AvgIpc) is 2.93. The summed E-state index contributed by atoms with van der Waals surface area (Å²) in [4.78, 5) is 13.0. The first-order valence-corrected chi connectivity index (χ1v) is 7.68. The maximum absolute atomic E-state index is 12.5. The molecule has 0 spiro atoms. The Labute approximate surface area is 135 Å². The second-order valence-corrected chi connectivity index (χ2v) is 5.91. The number of benzene rings is 1. The van der Waals surface area contributed by atoms with Crippen LogP contribution in [0.5, 0.6) is 11.5 Å². The summed E-state index contributed by atoms with van der Waals surface area (Å²) in [5.41, 5.74) is 0.584. The van der Waals surface area contributed by atoms with Crippen molar-refractivity contribution in [3.8, 4) is 17.6 Å². The molecule has 0 aliphatic heterocycles. The van der Waals surface area contributed by atoms with Crippen molar-refractivity contribution in [3.05, 3.63) is 44.6 Å². The molecular formula is C15H12BrNO3S. The molecule has 2 rings (SSSR count). The van der Waals surface area contributed by atoms with Gasteiger partial charge in [0.15, 0.2) is 17.3 Å². The first-order valence-electron chi connectivity index (χ1n) is 6.01. The third-order valence-electron chi connectivity index (χ3n) is 2.97. The van der Waals surface area contributed by atoms with Crippen LogP contribution >= 0.6 is 27.3 Å². The Kier molecular flexibility index (Phi) is 4.99. The fourth-order valence-corrected chi connectivity index (χ4v) is 3.46. The van der Waals surface area contributed by atoms with E-state index >= 15 is 0 Å². The first kappa shape index (κ1) is 15.5. The molecule has 0 bridgehead atoms. The average molecular weight is 366 g/mol. The Hall–Kier alpha value is -1.84. The van der Waals surface area contributed by atoms with E-state index in [-0.39, 0.29) is 5.78 Å². The van der Waals surface area contributed by atoms with Gasteiger partial charge in [0, 0.05) is 4.47 Å². The zero-order valence-corrected chi connectivity index (χ0v) is 13.8. The van der Waals surface area contributed by atoms with Gasteiger partial charge in [0.2, 0.25) is 0 Å². The van der Waals surface area contributed by atoms with Gasteiger partial charge in [0.25, 0.3) is 0 Å². The van der Waals surface area contributed by atoms with E-state index in [4.69, 9.17) is 9.47 Å². The van der Waals surface area contributed by atoms with E-state index in [1.54, 1.807) is 29.6 Å². The number of hydrogen-bond donors (Lipinski definition) is 0. The standard InChI is InChI=1S/C15H12BrNO3S/c1-19-12-4-3-9(7-13(12)20-2)10(8-17)14(18)15-11(16)5-6-21-15/h3-7,10H,1-2H3. The lowest BCUT2D eigenvalue weighted by molar-refractivity contribution is 0.0982. The second-order valence-electron chi connectivity index (χ2n) is 4.14. The fourth-order valence-electron chi connectivity index (χ4n) is 1.92. The van der Waals surface area contributed by atoms with Crippen LogP contribution in [0.2, 0.25) is 0 Å². The Morgan fingerprint density at radius 3 is 2.52 bits per heavy atom. The molecule has 1 aromatic carbocycles. The third-order valence-corrected chi connectivity index (χ3v) is 4.83. The number of hydrogen-bond acceptors (Lipinski definition) is 5. The molecule has 0 saturated heterocycles. The maximum atomic E-state index is 12.5. The number of halogens is 1. The molecule has 0 radical (unpaired) electrons. The number of rotatable bonds is 5. The highest BCUT2D eigenvalue weighted by molar-refractivity contribution is 9.10. The highest BCUT2D eigenvalue weighted by Gasteiger charge is 2.25. The molecule has 4 nitrogen and oxygen atoms in total. The Bertz CT molecular complexity index is 705. The van der Waals surface area contributed by atoms with Gasteiger partial charge in [0.05, 0.1) is 25.2 Å². The lowest BCUT2D eigenvalue weighted by Crippen LogP contribution is -2.10. The molecule has 2 aromatic rings. The van der Waals surface area contributed by atoms with Crippen molar-refractivity contribution in [1.29, 1.82) is 5.26 Å². The number of nitriles is 1. The predicted octanol–water partition coefficient (Wildman–Crippen LogP) is 4.02. The topological polar surface area (TPSA) is 59.3 Å². The van der Waals surface area contributed by atoms with Gasteiger partial charge in [-0.05, 0) is 45.1 Å². The van der Waals surface area contributed by atoms with Crippen molar-refractivity contribution in [3.63, 3.8) is 0 Å². The van der Waals surface area contributed by atoms with Gasteiger partial charge in [0.1, 0.15) is 5.92 Å². The first-order chi connectivity index (χ1) is 10.1. The van der Waals surface area contributed by atoms with Gasteiger partial charge in [-0.25, -0.2) is 0 Å². The van der Waals surface area contributed by atoms with E-state index in [0.717, 1.165) is 0 Å². The highest BCUT2D eigenvalue weighted by Crippen LogP contribution is 2.34. The van der Waals surface area contributed by atoms with Crippen molar-refractivity contribution in [1.82, 2.24) is 0 Å². The van der Waals surface area contributed by atoms with Gasteiger partial charge in [-0.1, -0.05) is 6.07 Å². The molecule has 21 heavy (non-hydrogen) atoms. The Balaban J connectivity index is 2.41. The largest absolute Gasteiger partial charge is 0.493 e. The molecule has 108 valence electrons. The van der Waals surface area contributed by atoms with Crippen LogP contribution in [0.15, 0.2) is 34.1 Å². The van der Waals surface area contributed by atoms with Crippen molar-refractivity contribution in [2.45, 2.75) is 5.92 Å². The quantitative estimate of drug-likeness (QED) is 0.750. The van der Waals surface area contributed by atoms with Crippen LogP contribution in [0.4, 0.5) is 0 Å². The lowest BCUT2D eigenvalue weighted by Gasteiger charge is -2.12. The molecule has 0 N–H and O–H groups in total. The molecule has 0 fully saturated rings. The number of methoxy groups -OCH3 is 2. The molecule has 1 heterocycles. The summed E-state index contributed by atoms with van der Waals surface area (Å²) in [5, 5.41) is 11.2. The SMILES string of the molecule is COc1ccc(C(C#N)C(=O)c2sccc2Br)cc1OC. The highest BCUT2D eigenvalue weighted by atomic mass is 79.9. The van der Waals surface area contributed by atoms with Crippen molar-refractivity contribution in [2.24, 2.45) is 0 Å². The van der Waals surface area contributed by atoms with Gasteiger partial charge in [-0.2, -0.15) is 5.26 Å². The summed E-state index contributed by atoms with van der Waals surface area (Å²) in [7, 11) is 3.05. The van der Waals surface area contributed by atoms with Crippen LogP contribution < -0.4 is 9.47 Å². The molecule has 0 amide bonds. The van der Waals surface area contributed by atoms with Gasteiger partial charge >= 0.3 is 0 Å². The molecule has 0 aliphatic rings. The number of thiophene rings is 1. The zero-order chi connectivity index (χ0) is 15.4. The molecule has 1 aromatic heterocycles. The minimum Gasteiger partial charge on any atom is -0.493 e. The number of carbonyl (C=O) groups excluding carboxylic acids is 1. The van der Waals surface area contributed by atoms with Crippen LogP contribution in [0.1, 0.15) is 21.2 Å². The molecule has 0 aliphatic carbocycles.